The van der Waals surface area contributed by atoms with Gasteiger partial charge in [-0.2, -0.15) is 4.99 Å². The third-order valence-electron chi connectivity index (χ3n) is 3.55. The molecule has 0 radical (unpaired) electrons. The Kier molecular flexibility index (Phi) is 4.16. The van der Waals surface area contributed by atoms with Crippen LogP contribution in [0.25, 0.3) is 10.2 Å². The van der Waals surface area contributed by atoms with Crippen molar-refractivity contribution >= 4 is 27.5 Å². The lowest BCUT2D eigenvalue weighted by molar-refractivity contribution is 0.0998. The van der Waals surface area contributed by atoms with Gasteiger partial charge < -0.3 is 14.0 Å². The first-order chi connectivity index (χ1) is 11.1. The van der Waals surface area contributed by atoms with E-state index in [0.717, 1.165) is 16.0 Å². The first-order valence-electron chi connectivity index (χ1n) is 6.99. The zero-order valence-corrected chi connectivity index (χ0v) is 13.9. The molecule has 0 saturated heterocycles. The highest BCUT2D eigenvalue weighted by atomic mass is 32.1. The quantitative estimate of drug-likeness (QED) is 0.743. The molecule has 0 aliphatic heterocycles. The number of ether oxygens (including phenoxy) is 2. The van der Waals surface area contributed by atoms with E-state index < -0.39 is 0 Å². The lowest BCUT2D eigenvalue weighted by atomic mass is 10.2. The molecule has 0 aliphatic rings. The van der Waals surface area contributed by atoms with Crippen LogP contribution >= 0.6 is 11.3 Å². The van der Waals surface area contributed by atoms with Gasteiger partial charge in [0.25, 0.3) is 5.91 Å². The number of hydrogen-bond donors (Lipinski definition) is 0. The van der Waals surface area contributed by atoms with Crippen LogP contribution in [0.5, 0.6) is 11.5 Å². The van der Waals surface area contributed by atoms with Crippen LogP contribution in [0.15, 0.2) is 47.5 Å². The van der Waals surface area contributed by atoms with Crippen LogP contribution in [-0.2, 0) is 7.05 Å². The van der Waals surface area contributed by atoms with Gasteiger partial charge in [0.15, 0.2) is 4.80 Å². The average molecular weight is 328 g/mol. The number of aromatic nitrogens is 1. The highest BCUT2D eigenvalue weighted by Crippen LogP contribution is 2.22. The Labute approximate surface area is 137 Å². The fourth-order valence-corrected chi connectivity index (χ4v) is 3.28. The maximum absolute atomic E-state index is 12.3. The summed E-state index contributed by atoms with van der Waals surface area (Å²) in [7, 11) is 5.12. The molecule has 3 aromatic rings. The van der Waals surface area contributed by atoms with E-state index in [1.165, 1.54) is 11.3 Å². The second-order valence-electron chi connectivity index (χ2n) is 4.92. The van der Waals surface area contributed by atoms with Gasteiger partial charge in [-0.25, -0.2) is 0 Å². The number of methoxy groups -OCH3 is 2. The molecule has 118 valence electrons. The van der Waals surface area contributed by atoms with Crippen molar-refractivity contribution in [1.29, 1.82) is 0 Å². The molecule has 1 amide bonds. The van der Waals surface area contributed by atoms with Crippen molar-refractivity contribution in [1.82, 2.24) is 4.57 Å². The van der Waals surface area contributed by atoms with Gasteiger partial charge in [-0.3, -0.25) is 4.79 Å². The van der Waals surface area contributed by atoms with E-state index in [2.05, 4.69) is 4.99 Å². The predicted octanol–water partition coefficient (Wildman–Crippen LogP) is 3.00. The normalized spacial score (nSPS) is 11.7. The van der Waals surface area contributed by atoms with Crippen LogP contribution in [0, 0.1) is 0 Å². The molecular formula is C17H16N2O3S. The van der Waals surface area contributed by atoms with Crippen LogP contribution in [0.1, 0.15) is 10.4 Å². The monoisotopic (exact) mass is 328 g/mol. The van der Waals surface area contributed by atoms with Gasteiger partial charge in [0, 0.05) is 12.6 Å². The van der Waals surface area contributed by atoms with Crippen LogP contribution in [0.2, 0.25) is 0 Å². The fraction of sp³-hybridized carbons (Fsp3) is 0.176. The summed E-state index contributed by atoms with van der Waals surface area (Å²) in [6.07, 6.45) is 0. The molecule has 0 unspecified atom stereocenters. The SMILES string of the molecule is COc1ccc(C(=O)N=c2sc3cc(OC)ccc3n2C)cc1. The maximum atomic E-state index is 12.3. The zero-order valence-electron chi connectivity index (χ0n) is 13.1. The van der Waals surface area contributed by atoms with Crippen LogP contribution < -0.4 is 14.3 Å². The third kappa shape index (κ3) is 2.98. The molecule has 6 heteroatoms. The Bertz CT molecular complexity index is 923. The van der Waals surface area contributed by atoms with Crippen molar-refractivity contribution in [3.8, 4) is 11.5 Å². The molecule has 1 heterocycles. The highest BCUT2D eigenvalue weighted by Gasteiger charge is 2.08. The molecule has 1 aromatic heterocycles. The molecule has 0 saturated carbocycles. The molecule has 0 aliphatic carbocycles. The molecule has 0 bridgehead atoms. The van der Waals surface area contributed by atoms with Crippen molar-refractivity contribution in [2.75, 3.05) is 14.2 Å². The first kappa shape index (κ1) is 15.3. The van der Waals surface area contributed by atoms with Crippen molar-refractivity contribution in [2.24, 2.45) is 12.0 Å². The number of carbonyl (C=O) groups is 1. The van der Waals surface area contributed by atoms with Gasteiger partial charge in [0.05, 0.1) is 24.4 Å². The number of nitrogens with zero attached hydrogens (tertiary/aromatic N) is 2. The summed E-state index contributed by atoms with van der Waals surface area (Å²) in [5.74, 6) is 1.22. The smallest absolute Gasteiger partial charge is 0.279 e. The van der Waals surface area contributed by atoms with Gasteiger partial charge in [-0.05, 0) is 42.5 Å². The number of thiazole rings is 1. The van der Waals surface area contributed by atoms with Crippen molar-refractivity contribution in [3.05, 3.63) is 52.8 Å². The van der Waals surface area contributed by atoms with Crippen LogP contribution in [-0.4, -0.2) is 24.7 Å². The van der Waals surface area contributed by atoms with E-state index in [9.17, 15) is 4.79 Å². The summed E-state index contributed by atoms with van der Waals surface area (Å²) in [6, 6.07) is 12.7. The van der Waals surface area contributed by atoms with Gasteiger partial charge in [-0.15, -0.1) is 0 Å². The molecular weight excluding hydrogens is 312 g/mol. The number of hydrogen-bond acceptors (Lipinski definition) is 4. The molecule has 5 nitrogen and oxygen atoms in total. The van der Waals surface area contributed by atoms with E-state index in [1.807, 2.05) is 29.8 Å². The number of aryl methyl sites for hydroxylation is 1. The van der Waals surface area contributed by atoms with E-state index in [-0.39, 0.29) is 5.91 Å². The minimum absolute atomic E-state index is 0.276. The molecule has 3 rings (SSSR count). The molecule has 0 fully saturated rings. The molecule has 0 N–H and O–H groups in total. The van der Waals surface area contributed by atoms with E-state index in [4.69, 9.17) is 9.47 Å². The molecule has 0 spiro atoms. The molecule has 0 atom stereocenters. The van der Waals surface area contributed by atoms with E-state index in [0.29, 0.717) is 16.1 Å². The number of fused-ring (bicyclic) bond motifs is 1. The fourth-order valence-electron chi connectivity index (χ4n) is 2.23. The summed E-state index contributed by atoms with van der Waals surface area (Å²) in [4.78, 5) is 17.2. The number of amides is 1. The Balaban J connectivity index is 2.02. The minimum Gasteiger partial charge on any atom is -0.497 e. The number of rotatable bonds is 3. The maximum Gasteiger partial charge on any atom is 0.279 e. The van der Waals surface area contributed by atoms with Crippen molar-refractivity contribution in [3.63, 3.8) is 0 Å². The van der Waals surface area contributed by atoms with Gasteiger partial charge in [0.1, 0.15) is 11.5 Å². The second-order valence-corrected chi connectivity index (χ2v) is 5.93. The Morgan fingerprint density at radius 2 is 1.70 bits per heavy atom. The standard InChI is InChI=1S/C17H16N2O3S/c1-19-14-9-8-13(22-3)10-15(14)23-17(19)18-16(20)11-4-6-12(21-2)7-5-11/h4-10H,1-3H3. The minimum atomic E-state index is -0.276. The third-order valence-corrected chi connectivity index (χ3v) is 4.65. The van der Waals surface area contributed by atoms with E-state index >= 15 is 0 Å². The summed E-state index contributed by atoms with van der Waals surface area (Å²) >= 11 is 1.45. The van der Waals surface area contributed by atoms with Crippen LogP contribution in [0.3, 0.4) is 0 Å². The number of carbonyl (C=O) groups excluding carboxylic acids is 1. The van der Waals surface area contributed by atoms with Gasteiger partial charge in [-0.1, -0.05) is 11.3 Å². The summed E-state index contributed by atoms with van der Waals surface area (Å²) in [5.41, 5.74) is 1.54. The largest absolute Gasteiger partial charge is 0.497 e. The van der Waals surface area contributed by atoms with Crippen molar-refractivity contribution < 1.29 is 14.3 Å². The summed E-state index contributed by atoms with van der Waals surface area (Å²) in [6.45, 7) is 0. The Morgan fingerprint density at radius 1 is 1.04 bits per heavy atom. The van der Waals surface area contributed by atoms with Gasteiger partial charge in [0.2, 0.25) is 0 Å². The second kappa shape index (κ2) is 6.26. The average Bonchev–Trinajstić information content (AvgIpc) is 2.90. The Morgan fingerprint density at radius 3 is 2.35 bits per heavy atom. The molecule has 2 aromatic carbocycles. The zero-order chi connectivity index (χ0) is 16.4. The number of benzene rings is 2. The van der Waals surface area contributed by atoms with Gasteiger partial charge >= 0.3 is 0 Å². The van der Waals surface area contributed by atoms with Crippen LogP contribution in [0.4, 0.5) is 0 Å². The predicted molar refractivity (Wildman–Crippen MR) is 90.2 cm³/mol. The van der Waals surface area contributed by atoms with Crippen molar-refractivity contribution in [2.45, 2.75) is 0 Å². The molecule has 23 heavy (non-hydrogen) atoms. The first-order valence-corrected chi connectivity index (χ1v) is 7.80. The summed E-state index contributed by atoms with van der Waals surface area (Å²) < 4.78 is 13.2. The lowest BCUT2D eigenvalue weighted by Crippen LogP contribution is -2.13. The highest BCUT2D eigenvalue weighted by molar-refractivity contribution is 7.16. The Hall–Kier alpha value is -2.60. The topological polar surface area (TPSA) is 52.8 Å². The summed E-state index contributed by atoms with van der Waals surface area (Å²) in [5, 5.41) is 0. The van der Waals surface area contributed by atoms with E-state index in [1.54, 1.807) is 38.5 Å². The lowest BCUT2D eigenvalue weighted by Gasteiger charge is -2.00.